The van der Waals surface area contributed by atoms with Crippen LogP contribution < -0.4 is 10.1 Å². The fourth-order valence-electron chi connectivity index (χ4n) is 2.02. The Morgan fingerprint density at radius 3 is 2.63 bits per heavy atom. The van der Waals surface area contributed by atoms with Crippen LogP contribution in [0.3, 0.4) is 0 Å². The SMILES string of the molecule is COc1cc(NC(C)c2cccc(C)c2)ccc1Cl. The van der Waals surface area contributed by atoms with Crippen LogP contribution in [0.15, 0.2) is 42.5 Å². The first-order chi connectivity index (χ1) is 9.10. The number of anilines is 1. The van der Waals surface area contributed by atoms with Crippen molar-refractivity contribution in [2.45, 2.75) is 19.9 Å². The first-order valence-corrected chi connectivity index (χ1v) is 6.64. The number of halogens is 1. The zero-order valence-electron chi connectivity index (χ0n) is 11.4. The van der Waals surface area contributed by atoms with E-state index in [1.807, 2.05) is 18.2 Å². The summed E-state index contributed by atoms with van der Waals surface area (Å²) in [6.45, 7) is 4.23. The summed E-state index contributed by atoms with van der Waals surface area (Å²) in [5.41, 5.74) is 3.52. The highest BCUT2D eigenvalue weighted by atomic mass is 35.5. The fourth-order valence-corrected chi connectivity index (χ4v) is 2.22. The summed E-state index contributed by atoms with van der Waals surface area (Å²) in [5, 5.41) is 4.07. The van der Waals surface area contributed by atoms with E-state index in [9.17, 15) is 0 Å². The van der Waals surface area contributed by atoms with Gasteiger partial charge in [-0.2, -0.15) is 0 Å². The number of ether oxygens (including phenoxy) is 1. The molecule has 0 aliphatic rings. The number of methoxy groups -OCH3 is 1. The van der Waals surface area contributed by atoms with Crippen molar-refractivity contribution < 1.29 is 4.74 Å². The maximum absolute atomic E-state index is 6.02. The molecule has 100 valence electrons. The molecule has 0 amide bonds. The second-order valence-corrected chi connectivity index (χ2v) is 5.04. The van der Waals surface area contributed by atoms with Gasteiger partial charge >= 0.3 is 0 Å². The van der Waals surface area contributed by atoms with Gasteiger partial charge in [-0.25, -0.2) is 0 Å². The highest BCUT2D eigenvalue weighted by molar-refractivity contribution is 6.32. The van der Waals surface area contributed by atoms with E-state index in [1.165, 1.54) is 11.1 Å². The lowest BCUT2D eigenvalue weighted by Crippen LogP contribution is -2.06. The molecule has 1 N–H and O–H groups in total. The number of hydrogen-bond donors (Lipinski definition) is 1. The van der Waals surface area contributed by atoms with Crippen LogP contribution in [0, 0.1) is 6.92 Å². The van der Waals surface area contributed by atoms with Crippen molar-refractivity contribution in [1.29, 1.82) is 0 Å². The zero-order valence-corrected chi connectivity index (χ0v) is 12.2. The molecule has 0 fully saturated rings. The molecule has 0 heterocycles. The van der Waals surface area contributed by atoms with Crippen LogP contribution in [0.5, 0.6) is 5.75 Å². The van der Waals surface area contributed by atoms with E-state index in [0.29, 0.717) is 10.8 Å². The van der Waals surface area contributed by atoms with Gasteiger partial charge < -0.3 is 10.1 Å². The minimum absolute atomic E-state index is 0.228. The maximum atomic E-state index is 6.02. The average Bonchev–Trinajstić information content (AvgIpc) is 2.41. The van der Waals surface area contributed by atoms with Crippen LogP contribution >= 0.6 is 11.6 Å². The molecule has 0 radical (unpaired) electrons. The Labute approximate surface area is 119 Å². The van der Waals surface area contributed by atoms with Crippen LogP contribution in [0.25, 0.3) is 0 Å². The van der Waals surface area contributed by atoms with Gasteiger partial charge in [-0.05, 0) is 31.5 Å². The van der Waals surface area contributed by atoms with Gasteiger partial charge in [0.2, 0.25) is 0 Å². The van der Waals surface area contributed by atoms with E-state index in [-0.39, 0.29) is 6.04 Å². The lowest BCUT2D eigenvalue weighted by atomic mass is 10.1. The van der Waals surface area contributed by atoms with Crippen molar-refractivity contribution in [2.75, 3.05) is 12.4 Å². The summed E-state index contributed by atoms with van der Waals surface area (Å²) in [6.07, 6.45) is 0. The molecule has 0 saturated heterocycles. The van der Waals surface area contributed by atoms with Crippen molar-refractivity contribution in [1.82, 2.24) is 0 Å². The number of hydrogen-bond acceptors (Lipinski definition) is 2. The topological polar surface area (TPSA) is 21.3 Å². The Balaban J connectivity index is 2.17. The number of nitrogens with one attached hydrogen (secondary N) is 1. The molecule has 3 heteroatoms. The predicted molar refractivity (Wildman–Crippen MR) is 81.2 cm³/mol. The monoisotopic (exact) mass is 275 g/mol. The van der Waals surface area contributed by atoms with E-state index < -0.39 is 0 Å². The smallest absolute Gasteiger partial charge is 0.139 e. The van der Waals surface area contributed by atoms with Gasteiger partial charge in [0.1, 0.15) is 5.75 Å². The molecule has 1 unspecified atom stereocenters. The van der Waals surface area contributed by atoms with Gasteiger partial charge in [0.05, 0.1) is 12.1 Å². The van der Waals surface area contributed by atoms with E-state index in [2.05, 4.69) is 43.4 Å². The molecule has 0 saturated carbocycles. The van der Waals surface area contributed by atoms with Gasteiger partial charge in [-0.3, -0.25) is 0 Å². The van der Waals surface area contributed by atoms with E-state index in [1.54, 1.807) is 7.11 Å². The summed E-state index contributed by atoms with van der Waals surface area (Å²) >= 11 is 6.02. The molecule has 2 rings (SSSR count). The average molecular weight is 276 g/mol. The third-order valence-corrected chi connectivity index (χ3v) is 3.39. The molecule has 2 aromatic rings. The molecular weight excluding hydrogens is 258 g/mol. The largest absolute Gasteiger partial charge is 0.495 e. The molecule has 0 spiro atoms. The quantitative estimate of drug-likeness (QED) is 0.863. The number of rotatable bonds is 4. The Morgan fingerprint density at radius 1 is 1.16 bits per heavy atom. The molecule has 0 aromatic heterocycles. The summed E-state index contributed by atoms with van der Waals surface area (Å²) in [5.74, 6) is 0.683. The first-order valence-electron chi connectivity index (χ1n) is 6.27. The third kappa shape index (κ3) is 3.42. The minimum Gasteiger partial charge on any atom is -0.495 e. The summed E-state index contributed by atoms with van der Waals surface area (Å²) in [7, 11) is 1.62. The maximum Gasteiger partial charge on any atom is 0.139 e. The standard InChI is InChI=1S/C16H18ClNO/c1-11-5-4-6-13(9-11)12(2)18-14-7-8-15(17)16(10-14)19-3/h4-10,12,18H,1-3H3. The molecule has 2 aromatic carbocycles. The molecule has 0 aliphatic heterocycles. The number of benzene rings is 2. The lowest BCUT2D eigenvalue weighted by molar-refractivity contribution is 0.415. The molecule has 2 nitrogen and oxygen atoms in total. The van der Waals surface area contributed by atoms with Crippen LogP contribution in [0.2, 0.25) is 5.02 Å². The van der Waals surface area contributed by atoms with Gasteiger partial charge in [0, 0.05) is 17.8 Å². The summed E-state index contributed by atoms with van der Waals surface area (Å²) < 4.78 is 5.22. The van der Waals surface area contributed by atoms with E-state index >= 15 is 0 Å². The van der Waals surface area contributed by atoms with Crippen LogP contribution in [-0.4, -0.2) is 7.11 Å². The van der Waals surface area contributed by atoms with Crippen molar-refractivity contribution in [3.63, 3.8) is 0 Å². The van der Waals surface area contributed by atoms with E-state index in [4.69, 9.17) is 16.3 Å². The fraction of sp³-hybridized carbons (Fsp3) is 0.250. The second kappa shape index (κ2) is 5.98. The van der Waals surface area contributed by atoms with Crippen molar-refractivity contribution in [2.24, 2.45) is 0 Å². The predicted octanol–water partition coefficient (Wildman–Crippen LogP) is 4.83. The van der Waals surface area contributed by atoms with Crippen molar-refractivity contribution >= 4 is 17.3 Å². The third-order valence-electron chi connectivity index (χ3n) is 3.08. The summed E-state index contributed by atoms with van der Waals surface area (Å²) in [6, 6.07) is 14.4. The van der Waals surface area contributed by atoms with Crippen molar-refractivity contribution in [3.8, 4) is 5.75 Å². The Bertz CT molecular complexity index is 568. The Kier molecular flexibility index (Phi) is 4.33. The molecule has 0 bridgehead atoms. The Morgan fingerprint density at radius 2 is 1.95 bits per heavy atom. The van der Waals surface area contributed by atoms with Crippen LogP contribution in [0.4, 0.5) is 5.69 Å². The highest BCUT2D eigenvalue weighted by Gasteiger charge is 2.07. The second-order valence-electron chi connectivity index (χ2n) is 4.63. The molecular formula is C16H18ClNO. The molecule has 0 aliphatic carbocycles. The van der Waals surface area contributed by atoms with Gasteiger partial charge in [-0.15, -0.1) is 0 Å². The van der Waals surface area contributed by atoms with Gasteiger partial charge in [0.15, 0.2) is 0 Å². The first kappa shape index (κ1) is 13.8. The Hall–Kier alpha value is -1.67. The zero-order chi connectivity index (χ0) is 13.8. The van der Waals surface area contributed by atoms with Crippen LogP contribution in [-0.2, 0) is 0 Å². The van der Waals surface area contributed by atoms with E-state index in [0.717, 1.165) is 5.69 Å². The van der Waals surface area contributed by atoms with Gasteiger partial charge in [-0.1, -0.05) is 41.4 Å². The van der Waals surface area contributed by atoms with Gasteiger partial charge in [0.25, 0.3) is 0 Å². The molecule has 19 heavy (non-hydrogen) atoms. The summed E-state index contributed by atoms with van der Waals surface area (Å²) in [4.78, 5) is 0. The number of aryl methyl sites for hydroxylation is 1. The van der Waals surface area contributed by atoms with Crippen LogP contribution in [0.1, 0.15) is 24.1 Å². The van der Waals surface area contributed by atoms with Crippen molar-refractivity contribution in [3.05, 3.63) is 58.6 Å². The minimum atomic E-state index is 0.228. The normalized spacial score (nSPS) is 12.0. The lowest BCUT2D eigenvalue weighted by Gasteiger charge is -2.17. The molecule has 1 atom stereocenters. The highest BCUT2D eigenvalue weighted by Crippen LogP contribution is 2.29.